The molecule has 70 heavy (non-hydrogen) atoms. The van der Waals surface area contributed by atoms with Crippen LogP contribution in [-0.2, 0) is 5.41 Å². The topological polar surface area (TPSA) is 11.4 Å². The van der Waals surface area contributed by atoms with Gasteiger partial charge < -0.3 is 14.4 Å². The monoisotopic (exact) mass is 891 g/mol. The Bertz CT molecular complexity index is 3880. The number of nitrogens with zero attached hydrogens (tertiary/aromatic N) is 3. The Balaban J connectivity index is 1.01. The molecule has 1 unspecified atom stereocenters. The van der Waals surface area contributed by atoms with Gasteiger partial charge in [-0.15, -0.1) is 0 Å². The van der Waals surface area contributed by atoms with E-state index in [9.17, 15) is 0 Å². The number of anilines is 6. The molecule has 328 valence electrons. The van der Waals surface area contributed by atoms with Crippen molar-refractivity contribution in [1.82, 2.24) is 4.57 Å². The summed E-state index contributed by atoms with van der Waals surface area (Å²) in [4.78, 5) is 4.85. The zero-order valence-electron chi connectivity index (χ0n) is 38.3. The molecule has 2 aliphatic carbocycles. The first-order chi connectivity index (χ1) is 34.7. The van der Waals surface area contributed by atoms with Crippen LogP contribution in [0.1, 0.15) is 22.3 Å². The number of rotatable bonds is 8. The third-order valence-corrected chi connectivity index (χ3v) is 14.8. The van der Waals surface area contributed by atoms with Crippen molar-refractivity contribution in [2.24, 2.45) is 0 Å². The van der Waals surface area contributed by atoms with Gasteiger partial charge in [0.25, 0.3) is 0 Å². The molecule has 11 aromatic carbocycles. The molecule has 0 bridgehead atoms. The van der Waals surface area contributed by atoms with E-state index in [0.29, 0.717) is 0 Å². The average molecular weight is 892 g/mol. The van der Waals surface area contributed by atoms with Crippen LogP contribution >= 0.6 is 0 Å². The van der Waals surface area contributed by atoms with E-state index in [0.717, 1.165) is 39.8 Å². The molecule has 0 saturated carbocycles. The van der Waals surface area contributed by atoms with E-state index in [1.165, 1.54) is 77.4 Å². The molecule has 0 fully saturated rings. The zero-order chi connectivity index (χ0) is 46.2. The molecule has 2 aliphatic rings. The van der Waals surface area contributed by atoms with Crippen LogP contribution in [0.4, 0.5) is 34.1 Å². The highest BCUT2D eigenvalue weighted by atomic mass is 15.1. The zero-order valence-corrected chi connectivity index (χ0v) is 38.3. The Morgan fingerprint density at radius 1 is 0.257 bits per heavy atom. The van der Waals surface area contributed by atoms with Crippen molar-refractivity contribution in [3.05, 3.63) is 295 Å². The summed E-state index contributed by atoms with van der Waals surface area (Å²) in [5.41, 5.74) is 22.2. The van der Waals surface area contributed by atoms with Gasteiger partial charge in [-0.25, -0.2) is 0 Å². The predicted octanol–water partition coefficient (Wildman–Crippen LogP) is 17.7. The molecule has 0 aliphatic heterocycles. The maximum atomic E-state index is 2.50. The molecule has 3 nitrogen and oxygen atoms in total. The number of hydrogen-bond acceptors (Lipinski definition) is 2. The second-order valence-electron chi connectivity index (χ2n) is 18.4. The van der Waals surface area contributed by atoms with E-state index in [1.807, 2.05) is 0 Å². The van der Waals surface area contributed by atoms with Crippen LogP contribution in [0.25, 0.3) is 60.9 Å². The Morgan fingerprint density at radius 2 is 0.657 bits per heavy atom. The first-order valence-corrected chi connectivity index (χ1v) is 24.2. The third-order valence-electron chi connectivity index (χ3n) is 14.8. The maximum Gasteiger partial charge on any atom is 0.0727 e. The van der Waals surface area contributed by atoms with Gasteiger partial charge in [0.1, 0.15) is 0 Å². The summed E-state index contributed by atoms with van der Waals surface area (Å²) < 4.78 is 2.39. The Kier molecular flexibility index (Phi) is 9.11. The summed E-state index contributed by atoms with van der Waals surface area (Å²) in [7, 11) is 0. The number of hydrogen-bond donors (Lipinski definition) is 0. The predicted molar refractivity (Wildman–Crippen MR) is 292 cm³/mol. The van der Waals surface area contributed by atoms with Crippen LogP contribution in [0.3, 0.4) is 0 Å². The van der Waals surface area contributed by atoms with Gasteiger partial charge in [0.15, 0.2) is 0 Å². The average Bonchev–Trinajstić information content (AvgIpc) is 4.04. The number of aromatic nitrogens is 1. The van der Waals surface area contributed by atoms with Crippen molar-refractivity contribution in [2.75, 3.05) is 9.80 Å². The van der Waals surface area contributed by atoms with Crippen LogP contribution in [0.15, 0.2) is 273 Å². The minimum Gasteiger partial charge on any atom is -0.310 e. The molecule has 0 radical (unpaired) electrons. The van der Waals surface area contributed by atoms with E-state index < -0.39 is 5.41 Å². The molecule has 0 N–H and O–H groups in total. The van der Waals surface area contributed by atoms with Gasteiger partial charge in [-0.05, 0) is 153 Å². The lowest BCUT2D eigenvalue weighted by Crippen LogP contribution is -2.26. The van der Waals surface area contributed by atoms with Crippen molar-refractivity contribution in [3.63, 3.8) is 0 Å². The van der Waals surface area contributed by atoms with E-state index in [1.54, 1.807) is 0 Å². The highest BCUT2D eigenvalue weighted by Gasteiger charge is 2.52. The molecule has 1 atom stereocenters. The second-order valence-corrected chi connectivity index (χ2v) is 18.4. The molecule has 1 aromatic heterocycles. The van der Waals surface area contributed by atoms with Crippen LogP contribution in [0, 0.1) is 0 Å². The molecule has 1 heterocycles. The first-order valence-electron chi connectivity index (χ1n) is 24.2. The fourth-order valence-electron chi connectivity index (χ4n) is 11.8. The van der Waals surface area contributed by atoms with Crippen LogP contribution in [0.5, 0.6) is 0 Å². The van der Waals surface area contributed by atoms with Gasteiger partial charge in [-0.1, -0.05) is 176 Å². The van der Waals surface area contributed by atoms with Crippen LogP contribution in [-0.4, -0.2) is 4.57 Å². The quantitative estimate of drug-likeness (QED) is 0.151. The number of fused-ring (bicyclic) bond motifs is 13. The lowest BCUT2D eigenvalue weighted by molar-refractivity contribution is 0.793. The van der Waals surface area contributed by atoms with Gasteiger partial charge in [-0.3, -0.25) is 0 Å². The van der Waals surface area contributed by atoms with Gasteiger partial charge in [0.2, 0.25) is 0 Å². The largest absolute Gasteiger partial charge is 0.310 e. The highest BCUT2D eigenvalue weighted by molar-refractivity contribution is 6.11. The Hall–Kier alpha value is -9.18. The fourth-order valence-corrected chi connectivity index (χ4v) is 11.8. The molecular formula is C67H45N3. The minimum atomic E-state index is -0.585. The maximum absolute atomic E-state index is 2.50. The summed E-state index contributed by atoms with van der Waals surface area (Å²) in [6.07, 6.45) is 0. The normalized spacial score (nSPS) is 14.1. The van der Waals surface area contributed by atoms with Gasteiger partial charge >= 0.3 is 0 Å². The van der Waals surface area contributed by atoms with Crippen molar-refractivity contribution >= 4 is 55.9 Å². The van der Waals surface area contributed by atoms with Gasteiger partial charge in [-0.2, -0.15) is 0 Å². The first kappa shape index (κ1) is 39.9. The summed E-state index contributed by atoms with van der Waals surface area (Å²) >= 11 is 0. The Morgan fingerprint density at radius 3 is 1.26 bits per heavy atom. The lowest BCUT2D eigenvalue weighted by atomic mass is 9.70. The van der Waals surface area contributed by atoms with Gasteiger partial charge in [0.05, 0.1) is 16.4 Å². The Labute approximate surface area is 408 Å². The molecule has 1 spiro atoms. The molecule has 0 saturated heterocycles. The third kappa shape index (κ3) is 6.01. The standard InChI is InChI=1S/C67H45N3/c1-5-19-46(20-6-1)47-33-35-51(36-34-47)69(52-39-42-66-60(43-52)59-29-15-18-32-65(59)70(66)50-25-11-4-12-26-50)54-38-41-58-56-28-14-17-31-62(56)67(64(58)45-54)61-30-16-13-27-55(61)57-40-37-53(44-63(57)67)68(48-21-7-2-8-22-48)49-23-9-3-10-24-49/h1-45H. The number of para-hydroxylation sites is 4. The van der Waals surface area contributed by atoms with Crippen molar-refractivity contribution in [2.45, 2.75) is 5.41 Å². The van der Waals surface area contributed by atoms with Crippen molar-refractivity contribution in [3.8, 4) is 39.1 Å². The summed E-state index contributed by atoms with van der Waals surface area (Å²) in [5.74, 6) is 0. The van der Waals surface area contributed by atoms with Crippen LogP contribution in [0.2, 0.25) is 0 Å². The molecule has 14 rings (SSSR count). The minimum absolute atomic E-state index is 0.585. The number of benzene rings is 11. The molecular weight excluding hydrogens is 847 g/mol. The summed E-state index contributed by atoms with van der Waals surface area (Å²) in [5, 5.41) is 2.43. The second kappa shape index (κ2) is 16.0. The smallest absolute Gasteiger partial charge is 0.0727 e. The van der Waals surface area contributed by atoms with Crippen LogP contribution < -0.4 is 9.80 Å². The van der Waals surface area contributed by atoms with Gasteiger partial charge in [0, 0.05) is 50.6 Å². The fraction of sp³-hybridized carbons (Fsp3) is 0.0149. The van der Waals surface area contributed by atoms with E-state index in [2.05, 4.69) is 287 Å². The van der Waals surface area contributed by atoms with Crippen molar-refractivity contribution < 1.29 is 0 Å². The summed E-state index contributed by atoms with van der Waals surface area (Å²) in [6.45, 7) is 0. The summed E-state index contributed by atoms with van der Waals surface area (Å²) in [6, 6.07) is 100. The van der Waals surface area contributed by atoms with Crippen molar-refractivity contribution in [1.29, 1.82) is 0 Å². The van der Waals surface area contributed by atoms with E-state index in [4.69, 9.17) is 0 Å². The molecule has 0 amide bonds. The van der Waals surface area contributed by atoms with E-state index in [-0.39, 0.29) is 0 Å². The SMILES string of the molecule is c1ccc(-c2ccc(N(c3ccc4c(c3)C3(c5ccccc5-c5ccc(N(c6ccccc6)c6ccccc6)cc53)c3ccccc3-4)c3ccc4c(c3)c3ccccc3n4-c3ccccc3)cc2)cc1. The molecule has 3 heteroatoms. The highest BCUT2D eigenvalue weighted by Crippen LogP contribution is 2.64. The lowest BCUT2D eigenvalue weighted by Gasteiger charge is -2.33. The molecule has 12 aromatic rings. The van der Waals surface area contributed by atoms with E-state index >= 15 is 0 Å².